The molecule has 5 nitrogen and oxygen atoms in total. The maximum Gasteiger partial charge on any atom is 0.220 e. The van der Waals surface area contributed by atoms with Crippen molar-refractivity contribution in [2.75, 3.05) is 27.9 Å². The van der Waals surface area contributed by atoms with Gasteiger partial charge in [0.2, 0.25) is 5.91 Å². The Labute approximate surface area is 126 Å². The van der Waals surface area contributed by atoms with Crippen LogP contribution in [0.2, 0.25) is 0 Å². The quantitative estimate of drug-likeness (QED) is 0.758. The maximum absolute atomic E-state index is 12.0. The number of benzene rings is 1. The van der Waals surface area contributed by atoms with Gasteiger partial charge in [0.15, 0.2) is 11.5 Å². The molecule has 1 rings (SSSR count). The Morgan fingerprint density at radius 2 is 2.00 bits per heavy atom. The fraction of sp³-hybridized carbons (Fsp3) is 0.562. The predicted molar refractivity (Wildman–Crippen MR) is 82.0 cm³/mol. The number of methoxy groups -OCH3 is 3. The van der Waals surface area contributed by atoms with Gasteiger partial charge >= 0.3 is 0 Å². The van der Waals surface area contributed by atoms with Gasteiger partial charge in [0.05, 0.1) is 26.9 Å². The fourth-order valence-electron chi connectivity index (χ4n) is 2.16. The average molecular weight is 295 g/mol. The summed E-state index contributed by atoms with van der Waals surface area (Å²) < 4.78 is 15.7. The van der Waals surface area contributed by atoms with E-state index in [-0.39, 0.29) is 11.9 Å². The summed E-state index contributed by atoms with van der Waals surface area (Å²) >= 11 is 0. The molecule has 0 bridgehead atoms. The normalized spacial score (nSPS) is 11.8. The minimum atomic E-state index is 0.0174. The first-order valence-electron chi connectivity index (χ1n) is 7.14. The molecular formula is C16H25NO4. The van der Waals surface area contributed by atoms with Gasteiger partial charge in [-0.3, -0.25) is 4.79 Å². The minimum Gasteiger partial charge on any atom is -0.493 e. The lowest BCUT2D eigenvalue weighted by atomic mass is 10.1. The number of carbonyl (C=O) groups is 1. The molecule has 1 N–H and O–H groups in total. The molecule has 0 radical (unpaired) electrons. The number of hydrogen-bond acceptors (Lipinski definition) is 4. The van der Waals surface area contributed by atoms with Crippen LogP contribution in [-0.4, -0.2) is 39.9 Å². The number of carbonyl (C=O) groups excluding carboxylic acids is 1. The van der Waals surface area contributed by atoms with Crippen molar-refractivity contribution in [2.45, 2.75) is 32.2 Å². The molecule has 0 saturated carbocycles. The summed E-state index contributed by atoms with van der Waals surface area (Å²) in [5.41, 5.74) is 0.965. The van der Waals surface area contributed by atoms with E-state index < -0.39 is 0 Å². The summed E-state index contributed by atoms with van der Waals surface area (Å²) in [7, 11) is 4.84. The van der Waals surface area contributed by atoms with E-state index in [1.165, 1.54) is 0 Å². The van der Waals surface area contributed by atoms with Crippen LogP contribution < -0.4 is 14.8 Å². The molecule has 0 fully saturated rings. The molecule has 1 aromatic rings. The van der Waals surface area contributed by atoms with E-state index in [4.69, 9.17) is 14.2 Å². The lowest BCUT2D eigenvalue weighted by Gasteiger charge is -2.16. The first-order chi connectivity index (χ1) is 10.2. The smallest absolute Gasteiger partial charge is 0.220 e. The second-order valence-electron chi connectivity index (χ2n) is 4.78. The van der Waals surface area contributed by atoms with E-state index in [2.05, 4.69) is 5.32 Å². The Balaban J connectivity index is 2.60. The van der Waals surface area contributed by atoms with Crippen molar-refractivity contribution in [1.82, 2.24) is 5.32 Å². The van der Waals surface area contributed by atoms with Crippen LogP contribution in [0.3, 0.4) is 0 Å². The third-order valence-corrected chi connectivity index (χ3v) is 3.33. The second kappa shape index (κ2) is 9.23. The van der Waals surface area contributed by atoms with Crippen molar-refractivity contribution in [2.24, 2.45) is 0 Å². The monoisotopic (exact) mass is 295 g/mol. The van der Waals surface area contributed by atoms with Crippen molar-refractivity contribution in [3.63, 3.8) is 0 Å². The molecule has 0 aliphatic rings. The molecule has 0 aromatic heterocycles. The van der Waals surface area contributed by atoms with E-state index in [1.807, 2.05) is 25.1 Å². The molecule has 1 aromatic carbocycles. The molecule has 1 unspecified atom stereocenters. The fourth-order valence-corrected chi connectivity index (χ4v) is 2.16. The summed E-state index contributed by atoms with van der Waals surface area (Å²) in [6.07, 6.45) is 1.86. The van der Waals surface area contributed by atoms with E-state index in [0.29, 0.717) is 30.9 Å². The Kier molecular flexibility index (Phi) is 7.61. The lowest BCUT2D eigenvalue weighted by Crippen LogP contribution is -2.37. The van der Waals surface area contributed by atoms with Crippen LogP contribution in [-0.2, 0) is 16.0 Å². The molecule has 0 aliphatic heterocycles. The van der Waals surface area contributed by atoms with Gasteiger partial charge < -0.3 is 19.5 Å². The molecule has 0 spiro atoms. The molecule has 0 aliphatic carbocycles. The van der Waals surface area contributed by atoms with E-state index in [0.717, 1.165) is 12.0 Å². The highest BCUT2D eigenvalue weighted by atomic mass is 16.5. The molecule has 21 heavy (non-hydrogen) atoms. The Bertz CT molecular complexity index is 448. The van der Waals surface area contributed by atoms with E-state index in [1.54, 1.807) is 21.3 Å². The van der Waals surface area contributed by atoms with Crippen LogP contribution in [0.15, 0.2) is 18.2 Å². The SMILES string of the molecule is CCC(COC)NC(=O)CCc1cccc(OC)c1OC. The highest BCUT2D eigenvalue weighted by Crippen LogP contribution is 2.31. The van der Waals surface area contributed by atoms with Crippen LogP contribution in [0.25, 0.3) is 0 Å². The molecule has 1 atom stereocenters. The summed E-state index contributed by atoms with van der Waals surface area (Å²) in [6, 6.07) is 5.75. The molecule has 1 amide bonds. The van der Waals surface area contributed by atoms with Crippen LogP contribution in [0.4, 0.5) is 0 Å². The standard InChI is InChI=1S/C16H25NO4/c1-5-13(11-19-2)17-15(18)10-9-12-7-6-8-14(20-3)16(12)21-4/h6-8,13H,5,9-11H2,1-4H3,(H,17,18). The zero-order chi connectivity index (χ0) is 15.7. The molecular weight excluding hydrogens is 270 g/mol. The predicted octanol–water partition coefficient (Wildman–Crippen LogP) is 2.18. The van der Waals surface area contributed by atoms with Crippen molar-refractivity contribution in [3.05, 3.63) is 23.8 Å². The van der Waals surface area contributed by atoms with Gasteiger partial charge in [-0.05, 0) is 24.5 Å². The first kappa shape index (κ1) is 17.3. The molecule has 5 heteroatoms. The number of rotatable bonds is 9. The van der Waals surface area contributed by atoms with Gasteiger partial charge in [0, 0.05) is 13.5 Å². The van der Waals surface area contributed by atoms with Gasteiger partial charge in [-0.2, -0.15) is 0 Å². The second-order valence-corrected chi connectivity index (χ2v) is 4.78. The van der Waals surface area contributed by atoms with Crippen molar-refractivity contribution >= 4 is 5.91 Å². The Hall–Kier alpha value is -1.75. The average Bonchev–Trinajstić information content (AvgIpc) is 2.51. The van der Waals surface area contributed by atoms with Gasteiger partial charge in [0.25, 0.3) is 0 Å². The number of amides is 1. The topological polar surface area (TPSA) is 56.8 Å². The van der Waals surface area contributed by atoms with Crippen LogP contribution in [0.1, 0.15) is 25.3 Å². The van der Waals surface area contributed by atoms with E-state index in [9.17, 15) is 4.79 Å². The Morgan fingerprint density at radius 3 is 2.57 bits per heavy atom. The number of hydrogen-bond donors (Lipinski definition) is 1. The van der Waals surface area contributed by atoms with Crippen LogP contribution >= 0.6 is 0 Å². The molecule has 0 heterocycles. The van der Waals surface area contributed by atoms with Gasteiger partial charge in [0.1, 0.15) is 0 Å². The number of aryl methyl sites for hydroxylation is 1. The Morgan fingerprint density at radius 1 is 1.24 bits per heavy atom. The maximum atomic E-state index is 12.0. The third-order valence-electron chi connectivity index (χ3n) is 3.33. The molecule has 0 saturated heterocycles. The third kappa shape index (κ3) is 5.27. The summed E-state index contributed by atoms with van der Waals surface area (Å²) in [5, 5.41) is 2.97. The van der Waals surface area contributed by atoms with Crippen molar-refractivity contribution < 1.29 is 19.0 Å². The zero-order valence-corrected chi connectivity index (χ0v) is 13.3. The number of nitrogens with one attached hydrogen (secondary N) is 1. The number of para-hydroxylation sites is 1. The molecule has 118 valence electrons. The summed E-state index contributed by atoms with van der Waals surface area (Å²) in [5.74, 6) is 1.39. The zero-order valence-electron chi connectivity index (χ0n) is 13.3. The summed E-state index contributed by atoms with van der Waals surface area (Å²) in [6.45, 7) is 2.56. The highest BCUT2D eigenvalue weighted by molar-refractivity contribution is 5.76. The lowest BCUT2D eigenvalue weighted by molar-refractivity contribution is -0.122. The summed E-state index contributed by atoms with van der Waals surface area (Å²) in [4.78, 5) is 12.0. The number of ether oxygens (including phenoxy) is 3. The largest absolute Gasteiger partial charge is 0.493 e. The first-order valence-corrected chi connectivity index (χ1v) is 7.14. The van der Waals surface area contributed by atoms with Crippen molar-refractivity contribution in [3.8, 4) is 11.5 Å². The van der Waals surface area contributed by atoms with Crippen LogP contribution in [0, 0.1) is 0 Å². The highest BCUT2D eigenvalue weighted by Gasteiger charge is 2.13. The van der Waals surface area contributed by atoms with Crippen LogP contribution in [0.5, 0.6) is 11.5 Å². The minimum absolute atomic E-state index is 0.0174. The van der Waals surface area contributed by atoms with Gasteiger partial charge in [-0.15, -0.1) is 0 Å². The van der Waals surface area contributed by atoms with E-state index >= 15 is 0 Å². The van der Waals surface area contributed by atoms with Crippen molar-refractivity contribution in [1.29, 1.82) is 0 Å². The van der Waals surface area contributed by atoms with Gasteiger partial charge in [-0.25, -0.2) is 0 Å². The van der Waals surface area contributed by atoms with Gasteiger partial charge in [-0.1, -0.05) is 19.1 Å².